The molecule has 1 aliphatic rings. The topological polar surface area (TPSA) is 149 Å². The lowest BCUT2D eigenvalue weighted by molar-refractivity contribution is -0.252. The fourth-order valence-corrected chi connectivity index (χ4v) is 2.43. The van der Waals surface area contributed by atoms with Crippen molar-refractivity contribution in [2.24, 2.45) is 0 Å². The van der Waals surface area contributed by atoms with Crippen molar-refractivity contribution in [2.45, 2.75) is 37.1 Å². The second-order valence-electron chi connectivity index (χ2n) is 5.02. The molecule has 0 bridgehead atoms. The van der Waals surface area contributed by atoms with Gasteiger partial charge in [-0.2, -0.15) is 0 Å². The van der Waals surface area contributed by atoms with Gasteiger partial charge in [0.15, 0.2) is 6.23 Å². The molecule has 2 heterocycles. The molecule has 1 aromatic rings. The maximum absolute atomic E-state index is 12.0. The molecule has 0 unspecified atom stereocenters. The Balaban J connectivity index is 2.45. The molecule has 0 amide bonds. The number of aliphatic hydroxyl groups is 4. The van der Waals surface area contributed by atoms with Crippen LogP contribution in [0.2, 0.25) is 0 Å². The second kappa shape index (κ2) is 6.55. The molecule has 2 rings (SSSR count). The molecular formula is C13H17NO8. The van der Waals surface area contributed by atoms with Crippen LogP contribution in [0.5, 0.6) is 0 Å². The van der Waals surface area contributed by atoms with E-state index in [0.717, 1.165) is 10.6 Å². The van der Waals surface area contributed by atoms with Gasteiger partial charge in [-0.25, -0.2) is 0 Å². The van der Waals surface area contributed by atoms with Crippen molar-refractivity contribution < 1.29 is 35.1 Å². The van der Waals surface area contributed by atoms with E-state index < -0.39 is 55.2 Å². The predicted molar refractivity (Wildman–Crippen MR) is 71.1 cm³/mol. The fraction of sp³-hybridized carbons (Fsp3) is 0.538. The number of carboxylic acids is 1. The normalized spacial score (nSPS) is 31.9. The van der Waals surface area contributed by atoms with Gasteiger partial charge >= 0.3 is 5.97 Å². The smallest absolute Gasteiger partial charge is 0.309 e. The lowest BCUT2D eigenvalue weighted by Gasteiger charge is -2.41. The summed E-state index contributed by atoms with van der Waals surface area (Å²) < 4.78 is 6.18. The summed E-state index contributed by atoms with van der Waals surface area (Å²) in [5.74, 6) is -1.19. The Hall–Kier alpha value is -1.78. The van der Waals surface area contributed by atoms with E-state index in [0.29, 0.717) is 0 Å². The highest BCUT2D eigenvalue weighted by Gasteiger charge is 2.44. The van der Waals surface area contributed by atoms with Gasteiger partial charge in [-0.05, 0) is 6.07 Å². The Kier molecular flexibility index (Phi) is 4.94. The first-order valence-corrected chi connectivity index (χ1v) is 6.59. The van der Waals surface area contributed by atoms with Crippen molar-refractivity contribution >= 4 is 5.97 Å². The second-order valence-corrected chi connectivity index (χ2v) is 5.02. The summed E-state index contributed by atoms with van der Waals surface area (Å²) in [6.07, 6.45) is -7.97. The summed E-state index contributed by atoms with van der Waals surface area (Å²) in [4.78, 5) is 22.9. The van der Waals surface area contributed by atoms with Gasteiger partial charge in [0.1, 0.15) is 24.4 Å². The third-order valence-electron chi connectivity index (χ3n) is 3.53. The van der Waals surface area contributed by atoms with E-state index in [-0.39, 0.29) is 5.69 Å². The van der Waals surface area contributed by atoms with E-state index in [1.807, 2.05) is 0 Å². The quantitative estimate of drug-likeness (QED) is 0.407. The molecule has 9 heteroatoms. The van der Waals surface area contributed by atoms with Crippen LogP contribution in [0.1, 0.15) is 11.9 Å². The third-order valence-corrected chi connectivity index (χ3v) is 3.53. The average molecular weight is 315 g/mol. The summed E-state index contributed by atoms with van der Waals surface area (Å²) in [6, 6.07) is 3.88. The van der Waals surface area contributed by atoms with Crippen LogP contribution < -0.4 is 5.56 Å². The van der Waals surface area contributed by atoms with E-state index in [1.165, 1.54) is 12.1 Å². The van der Waals surface area contributed by atoms with Gasteiger partial charge in [-0.1, -0.05) is 6.07 Å². The highest BCUT2D eigenvalue weighted by Crippen LogP contribution is 2.28. The van der Waals surface area contributed by atoms with Crippen molar-refractivity contribution in [3.05, 3.63) is 34.2 Å². The van der Waals surface area contributed by atoms with Crippen LogP contribution in [0, 0.1) is 0 Å². The number of aromatic nitrogens is 1. The average Bonchev–Trinajstić information content (AvgIpc) is 2.46. The minimum absolute atomic E-state index is 0.0596. The molecule has 1 aromatic heterocycles. The summed E-state index contributed by atoms with van der Waals surface area (Å²) >= 11 is 0. The first kappa shape index (κ1) is 16.6. The van der Waals surface area contributed by atoms with Crippen LogP contribution >= 0.6 is 0 Å². The van der Waals surface area contributed by atoms with Crippen LogP contribution in [0.4, 0.5) is 0 Å². The number of hydrogen-bond donors (Lipinski definition) is 5. The Morgan fingerprint density at radius 3 is 2.45 bits per heavy atom. The molecule has 0 spiro atoms. The van der Waals surface area contributed by atoms with Crippen molar-refractivity contribution in [2.75, 3.05) is 6.61 Å². The molecule has 0 radical (unpaired) electrons. The monoisotopic (exact) mass is 315 g/mol. The van der Waals surface area contributed by atoms with Gasteiger partial charge in [0.2, 0.25) is 0 Å². The standard InChI is InChI=1S/C13H17NO8/c15-5-7-10(19)11(20)12(21)13(22-7)14-6(4-9(17)18)2-1-3-8(14)16/h1-3,7,10-13,15,19-21H,4-5H2,(H,17,18)/t7-,10-,11-,12+,13-/m1/s1. The van der Waals surface area contributed by atoms with Crippen LogP contribution in [0.25, 0.3) is 0 Å². The Morgan fingerprint density at radius 2 is 1.86 bits per heavy atom. The van der Waals surface area contributed by atoms with Gasteiger partial charge < -0.3 is 30.3 Å². The number of hydrogen-bond acceptors (Lipinski definition) is 7. The molecule has 0 saturated carbocycles. The van der Waals surface area contributed by atoms with Crippen molar-refractivity contribution in [1.82, 2.24) is 4.57 Å². The molecule has 5 N–H and O–H groups in total. The maximum atomic E-state index is 12.0. The predicted octanol–water partition coefficient (Wildman–Crippen LogP) is -2.55. The van der Waals surface area contributed by atoms with Crippen molar-refractivity contribution in [3.63, 3.8) is 0 Å². The SMILES string of the molecule is O=C(O)Cc1cccc(=O)n1[C@@H]1O[C@H](CO)[C@@H](O)[C@@H](O)[C@@H]1O. The molecule has 122 valence electrons. The summed E-state index contributed by atoms with van der Waals surface area (Å²) in [5.41, 5.74) is -0.576. The van der Waals surface area contributed by atoms with Gasteiger partial charge in [0.25, 0.3) is 5.56 Å². The van der Waals surface area contributed by atoms with E-state index in [9.17, 15) is 24.9 Å². The van der Waals surface area contributed by atoms with E-state index >= 15 is 0 Å². The zero-order valence-electron chi connectivity index (χ0n) is 11.4. The number of aliphatic hydroxyl groups excluding tert-OH is 4. The first-order chi connectivity index (χ1) is 10.4. The Morgan fingerprint density at radius 1 is 1.18 bits per heavy atom. The van der Waals surface area contributed by atoms with Gasteiger partial charge in [-0.15, -0.1) is 0 Å². The van der Waals surface area contributed by atoms with Crippen molar-refractivity contribution in [1.29, 1.82) is 0 Å². The lowest BCUT2D eigenvalue weighted by Crippen LogP contribution is -2.57. The number of rotatable bonds is 4. The molecular weight excluding hydrogens is 298 g/mol. The summed E-state index contributed by atoms with van der Waals surface area (Å²) in [6.45, 7) is -0.642. The summed E-state index contributed by atoms with van der Waals surface area (Å²) in [5, 5.41) is 47.6. The van der Waals surface area contributed by atoms with Crippen LogP contribution in [0.3, 0.4) is 0 Å². The highest BCUT2D eigenvalue weighted by atomic mass is 16.6. The molecule has 22 heavy (non-hydrogen) atoms. The molecule has 1 fully saturated rings. The molecule has 0 aromatic carbocycles. The number of ether oxygens (including phenoxy) is 1. The Labute approximate surface area is 124 Å². The van der Waals surface area contributed by atoms with E-state index in [4.69, 9.17) is 14.9 Å². The van der Waals surface area contributed by atoms with Gasteiger partial charge in [0, 0.05) is 11.8 Å². The lowest BCUT2D eigenvalue weighted by atomic mass is 9.98. The highest BCUT2D eigenvalue weighted by molar-refractivity contribution is 5.69. The van der Waals surface area contributed by atoms with Gasteiger partial charge in [-0.3, -0.25) is 14.2 Å². The number of aliphatic carboxylic acids is 1. The first-order valence-electron chi connectivity index (χ1n) is 6.59. The molecule has 1 aliphatic heterocycles. The molecule has 9 nitrogen and oxygen atoms in total. The van der Waals surface area contributed by atoms with Crippen LogP contribution in [-0.2, 0) is 16.0 Å². The number of nitrogens with zero attached hydrogens (tertiary/aromatic N) is 1. The minimum Gasteiger partial charge on any atom is -0.481 e. The Bertz CT molecular complexity index is 598. The fourth-order valence-electron chi connectivity index (χ4n) is 2.43. The zero-order chi connectivity index (χ0) is 16.4. The van der Waals surface area contributed by atoms with Crippen molar-refractivity contribution in [3.8, 4) is 0 Å². The zero-order valence-corrected chi connectivity index (χ0v) is 11.4. The molecule has 5 atom stereocenters. The van der Waals surface area contributed by atoms with Crippen LogP contribution in [0.15, 0.2) is 23.0 Å². The third kappa shape index (κ3) is 3.03. The van der Waals surface area contributed by atoms with E-state index in [2.05, 4.69) is 0 Å². The molecule has 0 aliphatic carbocycles. The maximum Gasteiger partial charge on any atom is 0.309 e. The van der Waals surface area contributed by atoms with Crippen LogP contribution in [-0.4, -0.2) is 67.1 Å². The van der Waals surface area contributed by atoms with Gasteiger partial charge in [0.05, 0.1) is 13.0 Å². The minimum atomic E-state index is -1.66. The van der Waals surface area contributed by atoms with E-state index in [1.54, 1.807) is 0 Å². The summed E-state index contributed by atoms with van der Waals surface area (Å²) in [7, 11) is 0. The number of carbonyl (C=O) groups is 1. The molecule has 1 saturated heterocycles. The number of pyridine rings is 1. The largest absolute Gasteiger partial charge is 0.481 e. The number of carboxylic acid groups (broad SMARTS) is 1.